The highest BCUT2D eigenvalue weighted by atomic mass is 79.9. The second-order valence-electron chi connectivity index (χ2n) is 6.32. The zero-order valence-electron chi connectivity index (χ0n) is 11.9. The molecule has 1 aromatic rings. The van der Waals surface area contributed by atoms with E-state index in [0.29, 0.717) is 4.83 Å². The molecule has 0 aliphatic heterocycles. The Morgan fingerprint density at radius 1 is 1.26 bits per heavy atom. The van der Waals surface area contributed by atoms with Crippen molar-refractivity contribution in [3.63, 3.8) is 0 Å². The maximum absolute atomic E-state index is 12.5. The first kappa shape index (κ1) is 14.6. The molecule has 0 aromatic heterocycles. The van der Waals surface area contributed by atoms with Crippen molar-refractivity contribution in [2.24, 2.45) is 0 Å². The van der Waals surface area contributed by atoms with Crippen molar-refractivity contribution >= 4 is 21.8 Å². The maximum atomic E-state index is 12.5. The van der Waals surface area contributed by atoms with Crippen LogP contribution in [0.15, 0.2) is 24.3 Å². The number of carbonyl (C=O) groups excluding carboxylic acids is 1. The second kappa shape index (κ2) is 5.66. The van der Waals surface area contributed by atoms with Crippen LogP contribution in [0.4, 0.5) is 0 Å². The molecule has 1 aromatic carbocycles. The van der Waals surface area contributed by atoms with E-state index in [0.717, 1.165) is 24.0 Å². The van der Waals surface area contributed by atoms with Crippen LogP contribution in [0.2, 0.25) is 0 Å². The highest BCUT2D eigenvalue weighted by Crippen LogP contribution is 2.28. The van der Waals surface area contributed by atoms with Gasteiger partial charge in [-0.25, -0.2) is 0 Å². The van der Waals surface area contributed by atoms with Gasteiger partial charge in [-0.2, -0.15) is 0 Å². The van der Waals surface area contributed by atoms with E-state index in [4.69, 9.17) is 0 Å². The minimum absolute atomic E-state index is 0.0165. The summed E-state index contributed by atoms with van der Waals surface area (Å²) >= 11 is 3.65. The number of nitrogens with one attached hydrogen (secondary N) is 1. The summed E-state index contributed by atoms with van der Waals surface area (Å²) in [7, 11) is 0. The van der Waals surface area contributed by atoms with Gasteiger partial charge in [-0.1, -0.05) is 61.3 Å². The lowest BCUT2D eigenvalue weighted by Crippen LogP contribution is -2.38. The zero-order valence-corrected chi connectivity index (χ0v) is 13.5. The molecule has 0 bridgehead atoms. The minimum Gasteiger partial charge on any atom is -0.348 e. The summed E-state index contributed by atoms with van der Waals surface area (Å²) in [4.78, 5) is 12.9. The van der Waals surface area contributed by atoms with Crippen LogP contribution in [-0.4, -0.2) is 16.8 Å². The molecule has 2 unspecified atom stereocenters. The van der Waals surface area contributed by atoms with E-state index in [1.54, 1.807) is 0 Å². The van der Waals surface area contributed by atoms with Crippen LogP contribution in [-0.2, 0) is 5.41 Å². The molecule has 1 aliphatic carbocycles. The fourth-order valence-corrected chi connectivity index (χ4v) is 3.38. The van der Waals surface area contributed by atoms with Crippen molar-refractivity contribution in [3.8, 4) is 0 Å². The quantitative estimate of drug-likeness (QED) is 0.818. The first-order valence-electron chi connectivity index (χ1n) is 6.94. The van der Waals surface area contributed by atoms with Crippen molar-refractivity contribution < 1.29 is 4.79 Å². The average molecular weight is 324 g/mol. The Hall–Kier alpha value is -0.830. The predicted molar refractivity (Wildman–Crippen MR) is 83.0 cm³/mol. The number of halogens is 1. The number of rotatable bonds is 2. The lowest BCUT2D eigenvalue weighted by atomic mass is 9.83. The second-order valence-corrected chi connectivity index (χ2v) is 7.50. The smallest absolute Gasteiger partial charge is 0.251 e. The largest absolute Gasteiger partial charge is 0.348 e. The van der Waals surface area contributed by atoms with Gasteiger partial charge in [0, 0.05) is 16.4 Å². The molecular weight excluding hydrogens is 302 g/mol. The van der Waals surface area contributed by atoms with Crippen LogP contribution in [0, 0.1) is 0 Å². The van der Waals surface area contributed by atoms with E-state index < -0.39 is 0 Å². The molecule has 3 heteroatoms. The van der Waals surface area contributed by atoms with Gasteiger partial charge in [0.2, 0.25) is 0 Å². The molecule has 2 rings (SSSR count). The Labute approximate surface area is 124 Å². The first-order chi connectivity index (χ1) is 8.89. The van der Waals surface area contributed by atoms with Crippen molar-refractivity contribution in [1.82, 2.24) is 5.32 Å². The Balaban J connectivity index is 2.20. The van der Waals surface area contributed by atoms with Gasteiger partial charge in [0.25, 0.3) is 5.91 Å². The third-order valence-corrected chi connectivity index (χ3v) is 4.82. The number of hydrogen-bond acceptors (Lipinski definition) is 1. The molecule has 2 nitrogen and oxygen atoms in total. The summed E-state index contributed by atoms with van der Waals surface area (Å²) in [5, 5.41) is 3.17. The first-order valence-corrected chi connectivity index (χ1v) is 7.85. The predicted octanol–water partition coefficient (Wildman–Crippen LogP) is 4.03. The van der Waals surface area contributed by atoms with Crippen LogP contribution in [0.3, 0.4) is 0 Å². The topological polar surface area (TPSA) is 29.1 Å². The van der Waals surface area contributed by atoms with E-state index in [1.807, 2.05) is 18.2 Å². The number of alkyl halides is 1. The Morgan fingerprint density at radius 2 is 1.95 bits per heavy atom. The number of hydrogen-bond donors (Lipinski definition) is 1. The normalized spacial score (nSPS) is 23.4. The molecule has 1 aliphatic rings. The van der Waals surface area contributed by atoms with Gasteiger partial charge in [0.05, 0.1) is 0 Å². The Bertz CT molecular complexity index is 464. The van der Waals surface area contributed by atoms with Crippen LogP contribution in [0.5, 0.6) is 0 Å². The Morgan fingerprint density at radius 3 is 2.53 bits per heavy atom. The summed E-state index contributed by atoms with van der Waals surface area (Å²) in [5.74, 6) is 0.0573. The minimum atomic E-state index is -0.0165. The molecule has 1 saturated carbocycles. The molecule has 1 fully saturated rings. The van der Waals surface area contributed by atoms with Gasteiger partial charge in [0.1, 0.15) is 0 Å². The van der Waals surface area contributed by atoms with Crippen molar-refractivity contribution in [2.45, 2.75) is 56.3 Å². The lowest BCUT2D eigenvalue weighted by molar-refractivity contribution is 0.0936. The molecule has 2 atom stereocenters. The number of benzene rings is 1. The molecule has 0 radical (unpaired) electrons. The van der Waals surface area contributed by atoms with E-state index >= 15 is 0 Å². The summed E-state index contributed by atoms with van der Waals surface area (Å²) in [6.45, 7) is 6.42. The van der Waals surface area contributed by atoms with Crippen LogP contribution < -0.4 is 5.32 Å². The van der Waals surface area contributed by atoms with E-state index in [9.17, 15) is 4.79 Å². The van der Waals surface area contributed by atoms with Gasteiger partial charge < -0.3 is 5.32 Å². The molecule has 0 saturated heterocycles. The molecule has 0 spiro atoms. The van der Waals surface area contributed by atoms with Gasteiger partial charge >= 0.3 is 0 Å². The summed E-state index contributed by atoms with van der Waals surface area (Å²) in [5.41, 5.74) is 1.90. The van der Waals surface area contributed by atoms with Crippen molar-refractivity contribution in [2.75, 3.05) is 0 Å². The van der Waals surface area contributed by atoms with Gasteiger partial charge in [-0.3, -0.25) is 4.79 Å². The van der Waals surface area contributed by atoms with Gasteiger partial charge in [-0.15, -0.1) is 0 Å². The van der Waals surface area contributed by atoms with Gasteiger partial charge in [-0.05, 0) is 29.9 Å². The van der Waals surface area contributed by atoms with Crippen LogP contribution >= 0.6 is 15.9 Å². The average Bonchev–Trinajstić information content (AvgIpc) is 2.74. The monoisotopic (exact) mass is 323 g/mol. The van der Waals surface area contributed by atoms with Crippen LogP contribution in [0.25, 0.3) is 0 Å². The third-order valence-electron chi connectivity index (χ3n) is 3.73. The summed E-state index contributed by atoms with van der Waals surface area (Å²) in [6.07, 6.45) is 3.40. The molecular formula is C16H22BrNO. The maximum Gasteiger partial charge on any atom is 0.251 e. The summed E-state index contributed by atoms with van der Waals surface area (Å²) < 4.78 is 0. The zero-order chi connectivity index (χ0) is 14.0. The van der Waals surface area contributed by atoms with E-state index in [2.05, 4.69) is 48.1 Å². The van der Waals surface area contributed by atoms with Crippen LogP contribution in [0.1, 0.15) is 56.0 Å². The van der Waals surface area contributed by atoms with E-state index in [-0.39, 0.29) is 17.4 Å². The Kier molecular flexibility index (Phi) is 4.34. The molecule has 1 N–H and O–H groups in total. The summed E-state index contributed by atoms with van der Waals surface area (Å²) in [6, 6.07) is 8.18. The fraction of sp³-hybridized carbons (Fsp3) is 0.562. The number of carbonyl (C=O) groups is 1. The fourth-order valence-electron chi connectivity index (χ4n) is 2.66. The standard InChI is InChI=1S/C16H22BrNO/c1-16(2,3)12-8-5-4-7-11(12)15(19)18-14-10-6-9-13(14)17/h4-5,7-8,13-14H,6,9-10H2,1-3H3,(H,18,19). The highest BCUT2D eigenvalue weighted by molar-refractivity contribution is 9.09. The number of amides is 1. The van der Waals surface area contributed by atoms with Gasteiger partial charge in [0.15, 0.2) is 0 Å². The molecule has 19 heavy (non-hydrogen) atoms. The molecule has 104 valence electrons. The third kappa shape index (κ3) is 3.38. The van der Waals surface area contributed by atoms with Crippen molar-refractivity contribution in [3.05, 3.63) is 35.4 Å². The SMILES string of the molecule is CC(C)(C)c1ccccc1C(=O)NC1CCCC1Br. The highest BCUT2D eigenvalue weighted by Gasteiger charge is 2.28. The lowest BCUT2D eigenvalue weighted by Gasteiger charge is -2.24. The molecule has 0 heterocycles. The van der Waals surface area contributed by atoms with E-state index in [1.165, 1.54) is 6.42 Å². The van der Waals surface area contributed by atoms with Crippen molar-refractivity contribution in [1.29, 1.82) is 0 Å². The molecule has 1 amide bonds.